The van der Waals surface area contributed by atoms with Crippen LogP contribution in [0.4, 0.5) is 0 Å². The molecule has 1 fully saturated rings. The number of hydrogen-bond acceptors (Lipinski definition) is 4. The van der Waals surface area contributed by atoms with Crippen LogP contribution in [0.2, 0.25) is 0 Å². The van der Waals surface area contributed by atoms with E-state index < -0.39 is 0 Å². The summed E-state index contributed by atoms with van der Waals surface area (Å²) in [6, 6.07) is 0.464. The molecule has 0 bridgehead atoms. The minimum Gasteiger partial charge on any atom is -0.377 e. The zero-order valence-corrected chi connectivity index (χ0v) is 11.1. The van der Waals surface area contributed by atoms with Crippen LogP contribution in [0.25, 0.3) is 0 Å². The Balaban J connectivity index is 2.07. The van der Waals surface area contributed by atoms with Crippen LogP contribution in [-0.2, 0) is 9.47 Å². The second kappa shape index (κ2) is 8.12. The van der Waals surface area contributed by atoms with Gasteiger partial charge in [0.1, 0.15) is 0 Å². The number of ether oxygens (including phenoxy) is 2. The van der Waals surface area contributed by atoms with E-state index in [1.807, 2.05) is 24.8 Å². The summed E-state index contributed by atoms with van der Waals surface area (Å²) in [4.78, 5) is 0. The van der Waals surface area contributed by atoms with Gasteiger partial charge in [0.25, 0.3) is 0 Å². The Morgan fingerprint density at radius 3 is 3.00 bits per heavy atom. The van der Waals surface area contributed by atoms with Gasteiger partial charge in [-0.25, -0.2) is 0 Å². The Kier molecular flexibility index (Phi) is 7.12. The van der Waals surface area contributed by atoms with Crippen LogP contribution >= 0.6 is 11.8 Å². The summed E-state index contributed by atoms with van der Waals surface area (Å²) < 4.78 is 11.0. The van der Waals surface area contributed by atoms with Gasteiger partial charge in [-0.2, -0.15) is 11.8 Å². The fourth-order valence-electron chi connectivity index (χ4n) is 1.96. The van der Waals surface area contributed by atoms with Gasteiger partial charge < -0.3 is 14.8 Å². The molecule has 1 rings (SSSR count). The van der Waals surface area contributed by atoms with Crippen molar-refractivity contribution in [1.29, 1.82) is 0 Å². The lowest BCUT2D eigenvalue weighted by atomic mass is 9.85. The smallest absolute Gasteiger partial charge is 0.0986 e. The molecular weight excluding hydrogens is 222 g/mol. The largest absolute Gasteiger partial charge is 0.377 e. The van der Waals surface area contributed by atoms with Gasteiger partial charge in [-0.1, -0.05) is 6.08 Å². The average Bonchev–Trinajstić information content (AvgIpc) is 2.26. The third-order valence-electron chi connectivity index (χ3n) is 2.79. The van der Waals surface area contributed by atoms with Crippen molar-refractivity contribution in [1.82, 2.24) is 5.32 Å². The molecule has 0 aromatic heterocycles. The molecule has 0 heterocycles. The Morgan fingerprint density at radius 2 is 2.38 bits per heavy atom. The van der Waals surface area contributed by atoms with Crippen LogP contribution in [0.5, 0.6) is 0 Å². The van der Waals surface area contributed by atoms with E-state index in [0.29, 0.717) is 6.04 Å². The van der Waals surface area contributed by atoms with E-state index in [0.717, 1.165) is 31.1 Å². The highest BCUT2D eigenvalue weighted by atomic mass is 32.2. The molecular formula is C12H23NO2S. The van der Waals surface area contributed by atoms with Gasteiger partial charge in [-0.3, -0.25) is 0 Å². The summed E-state index contributed by atoms with van der Waals surface area (Å²) in [5.74, 6) is 2.15. The van der Waals surface area contributed by atoms with E-state index in [4.69, 9.17) is 9.47 Å². The maximum Gasteiger partial charge on any atom is 0.0986 e. The molecule has 1 N–H and O–H groups in total. The standard InChI is InChI=1S/C12H23NO2S/c1-4-7-16-8-6-13-10-9-11(15-5-2)12(10)14-3/h4,10-13H,1,5-9H2,2-3H3. The number of hydrogen-bond donors (Lipinski definition) is 1. The fourth-order valence-corrected chi connectivity index (χ4v) is 2.55. The van der Waals surface area contributed by atoms with Crippen molar-refractivity contribution in [2.24, 2.45) is 0 Å². The first kappa shape index (κ1) is 14.0. The molecule has 1 saturated carbocycles. The van der Waals surface area contributed by atoms with E-state index in [-0.39, 0.29) is 12.2 Å². The lowest BCUT2D eigenvalue weighted by Crippen LogP contribution is -2.60. The van der Waals surface area contributed by atoms with Crippen molar-refractivity contribution < 1.29 is 9.47 Å². The molecule has 3 unspecified atom stereocenters. The summed E-state index contributed by atoms with van der Waals surface area (Å²) in [7, 11) is 1.76. The molecule has 0 amide bonds. The highest BCUT2D eigenvalue weighted by Crippen LogP contribution is 2.26. The number of rotatable bonds is 9. The van der Waals surface area contributed by atoms with E-state index in [1.54, 1.807) is 7.11 Å². The van der Waals surface area contributed by atoms with Crippen molar-refractivity contribution >= 4 is 11.8 Å². The van der Waals surface area contributed by atoms with E-state index >= 15 is 0 Å². The lowest BCUT2D eigenvalue weighted by Gasteiger charge is -2.43. The van der Waals surface area contributed by atoms with Gasteiger partial charge in [0.05, 0.1) is 12.2 Å². The van der Waals surface area contributed by atoms with Gasteiger partial charge in [0.15, 0.2) is 0 Å². The molecule has 4 heteroatoms. The van der Waals surface area contributed by atoms with Crippen molar-refractivity contribution in [3.8, 4) is 0 Å². The average molecular weight is 245 g/mol. The molecule has 94 valence electrons. The van der Waals surface area contributed by atoms with Crippen molar-refractivity contribution in [3.05, 3.63) is 12.7 Å². The first-order chi connectivity index (χ1) is 7.83. The Morgan fingerprint density at radius 1 is 1.56 bits per heavy atom. The normalized spacial score (nSPS) is 28.8. The van der Waals surface area contributed by atoms with E-state index in [1.165, 1.54) is 0 Å². The van der Waals surface area contributed by atoms with Crippen molar-refractivity contribution in [2.75, 3.05) is 31.8 Å². The molecule has 3 atom stereocenters. The third kappa shape index (κ3) is 4.09. The van der Waals surface area contributed by atoms with Gasteiger partial charge in [-0.15, -0.1) is 6.58 Å². The van der Waals surface area contributed by atoms with Crippen molar-refractivity contribution in [3.63, 3.8) is 0 Å². The predicted octanol–water partition coefficient (Wildman–Crippen LogP) is 1.69. The molecule has 16 heavy (non-hydrogen) atoms. The SMILES string of the molecule is C=CCSCCNC1CC(OCC)C1OC. The molecule has 1 aliphatic carbocycles. The molecule has 0 spiro atoms. The van der Waals surface area contributed by atoms with Gasteiger partial charge in [0.2, 0.25) is 0 Å². The van der Waals surface area contributed by atoms with Gasteiger partial charge in [-0.05, 0) is 13.3 Å². The zero-order chi connectivity index (χ0) is 11.8. The first-order valence-electron chi connectivity index (χ1n) is 5.89. The summed E-state index contributed by atoms with van der Waals surface area (Å²) >= 11 is 1.90. The fraction of sp³-hybridized carbons (Fsp3) is 0.833. The zero-order valence-electron chi connectivity index (χ0n) is 10.3. The van der Waals surface area contributed by atoms with Crippen LogP contribution in [0.1, 0.15) is 13.3 Å². The molecule has 0 aromatic rings. The molecule has 0 saturated heterocycles. The van der Waals surface area contributed by atoms with Crippen LogP contribution in [0.15, 0.2) is 12.7 Å². The highest BCUT2D eigenvalue weighted by Gasteiger charge is 2.41. The lowest BCUT2D eigenvalue weighted by molar-refractivity contribution is -0.130. The van der Waals surface area contributed by atoms with Gasteiger partial charge >= 0.3 is 0 Å². The quantitative estimate of drug-likeness (QED) is 0.495. The Hall–Kier alpha value is -0.0300. The summed E-state index contributed by atoms with van der Waals surface area (Å²) in [5.41, 5.74) is 0. The molecule has 0 aliphatic heterocycles. The molecule has 1 aliphatic rings. The van der Waals surface area contributed by atoms with E-state index in [9.17, 15) is 0 Å². The van der Waals surface area contributed by atoms with Crippen LogP contribution in [0.3, 0.4) is 0 Å². The summed E-state index contributed by atoms with van der Waals surface area (Å²) in [6.07, 6.45) is 3.52. The molecule has 0 aromatic carbocycles. The number of methoxy groups -OCH3 is 1. The second-order valence-corrected chi connectivity index (χ2v) is 5.00. The van der Waals surface area contributed by atoms with Crippen LogP contribution in [-0.4, -0.2) is 50.0 Å². The first-order valence-corrected chi connectivity index (χ1v) is 7.05. The van der Waals surface area contributed by atoms with Crippen LogP contribution < -0.4 is 5.32 Å². The van der Waals surface area contributed by atoms with Gasteiger partial charge in [0, 0.05) is 37.8 Å². The number of nitrogens with one attached hydrogen (secondary N) is 1. The maximum atomic E-state index is 5.57. The summed E-state index contributed by atoms with van der Waals surface area (Å²) in [5, 5.41) is 3.51. The van der Waals surface area contributed by atoms with E-state index in [2.05, 4.69) is 11.9 Å². The minimum absolute atomic E-state index is 0.226. The van der Waals surface area contributed by atoms with Crippen molar-refractivity contribution in [2.45, 2.75) is 31.6 Å². The Bertz CT molecular complexity index is 201. The van der Waals surface area contributed by atoms with Crippen LogP contribution in [0, 0.1) is 0 Å². The minimum atomic E-state index is 0.226. The predicted molar refractivity (Wildman–Crippen MR) is 70.1 cm³/mol. The Labute approximate surface area is 103 Å². The monoisotopic (exact) mass is 245 g/mol. The summed E-state index contributed by atoms with van der Waals surface area (Å²) in [6.45, 7) is 7.53. The second-order valence-electron chi connectivity index (χ2n) is 3.85. The third-order valence-corrected chi connectivity index (χ3v) is 3.75. The highest BCUT2D eigenvalue weighted by molar-refractivity contribution is 7.99. The maximum absolute atomic E-state index is 5.57. The molecule has 0 radical (unpaired) electrons. The number of thioether (sulfide) groups is 1. The topological polar surface area (TPSA) is 30.5 Å². The molecule has 3 nitrogen and oxygen atoms in total.